The van der Waals surface area contributed by atoms with Gasteiger partial charge in [0.25, 0.3) is 0 Å². The number of hydrogen-bond donors (Lipinski definition) is 3. The van der Waals surface area contributed by atoms with Crippen LogP contribution in [-0.2, 0) is 0 Å². The molecule has 86 valence electrons. The zero-order chi connectivity index (χ0) is 12.3. The van der Waals surface area contributed by atoms with Crippen LogP contribution in [0, 0.1) is 0 Å². The molecule has 2 aromatic carbocycles. The highest BCUT2D eigenvalue weighted by atomic mass is 16.3. The maximum Gasteiger partial charge on any atom is 0.130 e. The zero-order valence-electron chi connectivity index (χ0n) is 9.04. The third-order valence-corrected chi connectivity index (χ3v) is 2.36. The van der Waals surface area contributed by atoms with Crippen LogP contribution in [-0.4, -0.2) is 15.3 Å². The summed E-state index contributed by atoms with van der Waals surface area (Å²) < 4.78 is 0. The van der Waals surface area contributed by atoms with E-state index in [2.05, 4.69) is 0 Å². The molecule has 17 heavy (non-hydrogen) atoms. The average Bonchev–Trinajstić information content (AvgIpc) is 2.29. The molecule has 3 N–H and O–H groups in total. The molecule has 0 aromatic heterocycles. The van der Waals surface area contributed by atoms with E-state index >= 15 is 0 Å². The van der Waals surface area contributed by atoms with Gasteiger partial charge in [-0.1, -0.05) is 36.4 Å². The Balaban J connectivity index is 2.34. The molecule has 2 aromatic rings. The Hall–Kier alpha value is -2.42. The highest BCUT2D eigenvalue weighted by Crippen LogP contribution is 2.33. The van der Waals surface area contributed by atoms with Gasteiger partial charge in [-0.2, -0.15) is 0 Å². The highest BCUT2D eigenvalue weighted by molar-refractivity contribution is 5.76. The molecule has 2 rings (SSSR count). The van der Waals surface area contributed by atoms with Crippen molar-refractivity contribution in [2.45, 2.75) is 0 Å². The van der Waals surface area contributed by atoms with Gasteiger partial charge in [0.1, 0.15) is 17.2 Å². The topological polar surface area (TPSA) is 60.7 Å². The van der Waals surface area contributed by atoms with Crippen LogP contribution in [0.1, 0.15) is 11.1 Å². The van der Waals surface area contributed by atoms with Crippen molar-refractivity contribution >= 4 is 12.2 Å². The van der Waals surface area contributed by atoms with Crippen LogP contribution in [0.2, 0.25) is 0 Å². The molecule has 0 radical (unpaired) electrons. The lowest BCUT2D eigenvalue weighted by Crippen LogP contribution is -1.78. The van der Waals surface area contributed by atoms with Crippen molar-refractivity contribution in [3.8, 4) is 17.2 Å². The van der Waals surface area contributed by atoms with Crippen molar-refractivity contribution in [1.82, 2.24) is 0 Å². The molecule has 0 amide bonds. The average molecular weight is 228 g/mol. The lowest BCUT2D eigenvalue weighted by atomic mass is 10.1. The second kappa shape index (κ2) is 4.61. The lowest BCUT2D eigenvalue weighted by molar-refractivity contribution is 0.426. The van der Waals surface area contributed by atoms with E-state index in [1.807, 2.05) is 30.3 Å². The smallest absolute Gasteiger partial charge is 0.130 e. The zero-order valence-corrected chi connectivity index (χ0v) is 9.04. The summed E-state index contributed by atoms with van der Waals surface area (Å²) in [5.74, 6) is -0.485. The first-order valence-corrected chi connectivity index (χ1v) is 5.15. The molecule has 0 aliphatic carbocycles. The first-order valence-electron chi connectivity index (χ1n) is 5.15. The summed E-state index contributed by atoms with van der Waals surface area (Å²) in [6, 6.07) is 11.9. The van der Waals surface area contributed by atoms with Crippen LogP contribution in [0.3, 0.4) is 0 Å². The first-order chi connectivity index (χ1) is 8.16. The summed E-state index contributed by atoms with van der Waals surface area (Å²) in [5.41, 5.74) is 1.24. The summed E-state index contributed by atoms with van der Waals surface area (Å²) in [6.45, 7) is 0. The standard InChI is InChI=1S/C14H12O3/c15-11-8-13(16)12(14(17)9-11)7-6-10-4-2-1-3-5-10/h1-9,15-17H/b7-6+. The molecule has 0 unspecified atom stereocenters. The molecule has 0 heterocycles. The number of hydrogen-bond acceptors (Lipinski definition) is 3. The van der Waals surface area contributed by atoms with Crippen molar-refractivity contribution in [2.75, 3.05) is 0 Å². The van der Waals surface area contributed by atoms with Gasteiger partial charge in [0.05, 0.1) is 5.56 Å². The summed E-state index contributed by atoms with van der Waals surface area (Å²) in [5, 5.41) is 28.3. The Labute approximate surface area is 98.9 Å². The molecular weight excluding hydrogens is 216 g/mol. The fourth-order valence-corrected chi connectivity index (χ4v) is 1.52. The Morgan fingerprint density at radius 1 is 0.765 bits per heavy atom. The second-order valence-electron chi connectivity index (χ2n) is 3.64. The number of aromatic hydroxyl groups is 3. The Bertz CT molecular complexity index is 522. The third-order valence-electron chi connectivity index (χ3n) is 2.36. The number of phenols is 3. The number of benzene rings is 2. The maximum atomic E-state index is 9.58. The van der Waals surface area contributed by atoms with Crippen molar-refractivity contribution in [3.63, 3.8) is 0 Å². The molecule has 0 saturated heterocycles. The number of phenolic OH excluding ortho intramolecular Hbond substituents is 3. The van der Waals surface area contributed by atoms with Gasteiger partial charge in [0.15, 0.2) is 0 Å². The Morgan fingerprint density at radius 3 is 1.94 bits per heavy atom. The van der Waals surface area contributed by atoms with Gasteiger partial charge in [-0.25, -0.2) is 0 Å². The van der Waals surface area contributed by atoms with Gasteiger partial charge in [0.2, 0.25) is 0 Å². The fraction of sp³-hybridized carbons (Fsp3) is 0. The van der Waals surface area contributed by atoms with E-state index in [1.165, 1.54) is 12.1 Å². The van der Waals surface area contributed by atoms with E-state index in [0.717, 1.165) is 5.56 Å². The van der Waals surface area contributed by atoms with Crippen molar-refractivity contribution in [1.29, 1.82) is 0 Å². The largest absolute Gasteiger partial charge is 0.508 e. The maximum absolute atomic E-state index is 9.58. The van der Waals surface area contributed by atoms with E-state index in [9.17, 15) is 10.2 Å². The first kappa shape index (κ1) is 11.1. The molecule has 0 bridgehead atoms. The SMILES string of the molecule is Oc1cc(O)c(/C=C/c2ccccc2)c(O)c1. The minimum Gasteiger partial charge on any atom is -0.508 e. The van der Waals surface area contributed by atoms with Gasteiger partial charge in [-0.15, -0.1) is 0 Å². The molecule has 0 aliphatic heterocycles. The summed E-state index contributed by atoms with van der Waals surface area (Å²) in [6.07, 6.45) is 3.37. The molecule has 0 fully saturated rings. The Morgan fingerprint density at radius 2 is 1.35 bits per heavy atom. The highest BCUT2D eigenvalue weighted by Gasteiger charge is 2.06. The van der Waals surface area contributed by atoms with E-state index in [1.54, 1.807) is 12.2 Å². The number of rotatable bonds is 2. The van der Waals surface area contributed by atoms with E-state index in [-0.39, 0.29) is 22.8 Å². The van der Waals surface area contributed by atoms with Crippen molar-refractivity contribution in [2.24, 2.45) is 0 Å². The van der Waals surface area contributed by atoms with Crippen molar-refractivity contribution in [3.05, 3.63) is 53.6 Å². The van der Waals surface area contributed by atoms with Crippen LogP contribution in [0.4, 0.5) is 0 Å². The van der Waals surface area contributed by atoms with Gasteiger partial charge in [-0.3, -0.25) is 0 Å². The molecule has 3 nitrogen and oxygen atoms in total. The monoisotopic (exact) mass is 228 g/mol. The van der Waals surface area contributed by atoms with Crippen LogP contribution in [0.15, 0.2) is 42.5 Å². The summed E-state index contributed by atoms with van der Waals surface area (Å²) >= 11 is 0. The molecule has 0 aliphatic rings. The van der Waals surface area contributed by atoms with E-state index in [4.69, 9.17) is 5.11 Å². The minimum absolute atomic E-state index is 0.158. The Kier molecular flexibility index (Phi) is 3.01. The fourth-order valence-electron chi connectivity index (χ4n) is 1.52. The van der Waals surface area contributed by atoms with Gasteiger partial charge in [-0.05, 0) is 11.6 Å². The van der Waals surface area contributed by atoms with Crippen molar-refractivity contribution < 1.29 is 15.3 Å². The normalized spacial score (nSPS) is 10.8. The quantitative estimate of drug-likeness (QED) is 0.692. The van der Waals surface area contributed by atoms with E-state index in [0.29, 0.717) is 0 Å². The van der Waals surface area contributed by atoms with Crippen LogP contribution in [0.25, 0.3) is 12.2 Å². The molecule has 0 saturated carbocycles. The van der Waals surface area contributed by atoms with Crippen LogP contribution < -0.4 is 0 Å². The van der Waals surface area contributed by atoms with Gasteiger partial charge >= 0.3 is 0 Å². The second-order valence-corrected chi connectivity index (χ2v) is 3.64. The molecule has 3 heteroatoms. The van der Waals surface area contributed by atoms with Gasteiger partial charge < -0.3 is 15.3 Å². The summed E-state index contributed by atoms with van der Waals surface area (Å²) in [4.78, 5) is 0. The predicted molar refractivity (Wildman–Crippen MR) is 66.8 cm³/mol. The minimum atomic E-state index is -0.170. The predicted octanol–water partition coefficient (Wildman–Crippen LogP) is 2.97. The summed E-state index contributed by atoms with van der Waals surface area (Å²) in [7, 11) is 0. The lowest BCUT2D eigenvalue weighted by Gasteiger charge is -2.03. The van der Waals surface area contributed by atoms with E-state index < -0.39 is 0 Å². The third kappa shape index (κ3) is 2.58. The van der Waals surface area contributed by atoms with Gasteiger partial charge in [0, 0.05) is 12.1 Å². The van der Waals surface area contributed by atoms with Crippen LogP contribution in [0.5, 0.6) is 17.2 Å². The molecular formula is C14H12O3. The van der Waals surface area contributed by atoms with Crippen LogP contribution >= 0.6 is 0 Å². The molecule has 0 atom stereocenters. The molecule has 0 spiro atoms.